The number of ether oxygens (including phenoxy) is 1. The average molecular weight is 325 g/mol. The van der Waals surface area contributed by atoms with E-state index in [0.717, 1.165) is 18.4 Å². The third kappa shape index (κ3) is 4.14. The minimum Gasteiger partial charge on any atom is -0.496 e. The highest BCUT2D eigenvalue weighted by Gasteiger charge is 2.32. The summed E-state index contributed by atoms with van der Waals surface area (Å²) in [5.74, 6) is 0.730. The van der Waals surface area contributed by atoms with Crippen molar-refractivity contribution in [2.45, 2.75) is 45.1 Å². The van der Waals surface area contributed by atoms with Gasteiger partial charge in [0.2, 0.25) is 5.91 Å². The van der Waals surface area contributed by atoms with Crippen molar-refractivity contribution in [2.75, 3.05) is 13.7 Å². The predicted molar refractivity (Wildman–Crippen MR) is 89.0 cm³/mol. The highest BCUT2D eigenvalue weighted by Crippen LogP contribution is 2.38. The van der Waals surface area contributed by atoms with Crippen LogP contribution >= 0.6 is 11.6 Å². The molecule has 3 N–H and O–H groups in total. The Morgan fingerprint density at radius 3 is 2.73 bits per heavy atom. The molecule has 1 aromatic rings. The lowest BCUT2D eigenvalue weighted by atomic mass is 9.71. The van der Waals surface area contributed by atoms with Crippen molar-refractivity contribution in [1.82, 2.24) is 5.32 Å². The van der Waals surface area contributed by atoms with Crippen LogP contribution in [0.3, 0.4) is 0 Å². The van der Waals surface area contributed by atoms with Gasteiger partial charge in [0.05, 0.1) is 7.11 Å². The number of carbonyl (C=O) groups excluding carboxylic acids is 1. The second-order valence-corrected chi connectivity index (χ2v) is 6.55. The van der Waals surface area contributed by atoms with Crippen LogP contribution in [0.15, 0.2) is 18.2 Å². The monoisotopic (exact) mass is 324 g/mol. The van der Waals surface area contributed by atoms with Crippen molar-refractivity contribution in [3.8, 4) is 5.75 Å². The minimum atomic E-state index is -0.0209. The molecule has 0 aliphatic heterocycles. The van der Waals surface area contributed by atoms with Gasteiger partial charge < -0.3 is 15.8 Å². The number of hydrogen-bond acceptors (Lipinski definition) is 3. The van der Waals surface area contributed by atoms with Gasteiger partial charge in [-0.05, 0) is 36.9 Å². The molecule has 0 unspecified atom stereocenters. The lowest BCUT2D eigenvalue weighted by Crippen LogP contribution is -2.38. The third-order valence-corrected chi connectivity index (χ3v) is 5.00. The summed E-state index contributed by atoms with van der Waals surface area (Å²) in [6.07, 6.45) is 6.18. The second kappa shape index (κ2) is 7.84. The van der Waals surface area contributed by atoms with E-state index in [0.29, 0.717) is 30.3 Å². The van der Waals surface area contributed by atoms with Crippen molar-refractivity contribution in [1.29, 1.82) is 0 Å². The highest BCUT2D eigenvalue weighted by atomic mass is 35.5. The maximum absolute atomic E-state index is 12.3. The number of halogens is 1. The van der Waals surface area contributed by atoms with E-state index in [1.807, 2.05) is 12.1 Å². The molecule has 0 atom stereocenters. The molecule has 1 fully saturated rings. The summed E-state index contributed by atoms with van der Waals surface area (Å²) in [7, 11) is 1.60. The fourth-order valence-corrected chi connectivity index (χ4v) is 3.48. The molecule has 0 heterocycles. The van der Waals surface area contributed by atoms with Crippen LogP contribution in [-0.2, 0) is 11.3 Å². The van der Waals surface area contributed by atoms with Crippen LogP contribution in [0.2, 0.25) is 5.02 Å². The van der Waals surface area contributed by atoms with E-state index in [1.165, 1.54) is 19.3 Å². The number of carbonyl (C=O) groups is 1. The number of hydrogen-bond donors (Lipinski definition) is 2. The summed E-state index contributed by atoms with van der Waals surface area (Å²) < 4.78 is 5.29. The molecule has 22 heavy (non-hydrogen) atoms. The Morgan fingerprint density at radius 1 is 1.36 bits per heavy atom. The topological polar surface area (TPSA) is 64.3 Å². The fourth-order valence-electron chi connectivity index (χ4n) is 3.25. The van der Waals surface area contributed by atoms with Gasteiger partial charge in [-0.3, -0.25) is 4.79 Å². The summed E-state index contributed by atoms with van der Waals surface area (Å²) in [5.41, 5.74) is 6.73. The van der Waals surface area contributed by atoms with Crippen molar-refractivity contribution in [3.63, 3.8) is 0 Å². The number of nitrogens with one attached hydrogen (secondary N) is 1. The van der Waals surface area contributed by atoms with Crippen LogP contribution in [0, 0.1) is 5.41 Å². The molecule has 1 aromatic carbocycles. The van der Waals surface area contributed by atoms with E-state index in [4.69, 9.17) is 22.1 Å². The predicted octanol–water partition coefficient (Wildman–Crippen LogP) is 3.26. The van der Waals surface area contributed by atoms with Gasteiger partial charge in [-0.25, -0.2) is 0 Å². The van der Waals surface area contributed by atoms with E-state index < -0.39 is 0 Å². The Hall–Kier alpha value is -1.26. The summed E-state index contributed by atoms with van der Waals surface area (Å²) in [4.78, 5) is 12.3. The quantitative estimate of drug-likeness (QED) is 0.844. The molecule has 1 amide bonds. The van der Waals surface area contributed by atoms with Gasteiger partial charge in [0.15, 0.2) is 0 Å². The van der Waals surface area contributed by atoms with Gasteiger partial charge in [0.1, 0.15) is 5.75 Å². The van der Waals surface area contributed by atoms with Crippen molar-refractivity contribution in [3.05, 3.63) is 28.8 Å². The molecule has 0 radical (unpaired) electrons. The molecule has 2 rings (SSSR count). The van der Waals surface area contributed by atoms with E-state index in [1.54, 1.807) is 13.2 Å². The van der Waals surface area contributed by atoms with E-state index in [-0.39, 0.29) is 11.3 Å². The SMILES string of the molecule is COc1cccc(Cl)c1CNC(=O)CC1(CN)CCCCC1. The first-order chi connectivity index (χ1) is 10.6. The summed E-state index contributed by atoms with van der Waals surface area (Å²) >= 11 is 6.19. The van der Waals surface area contributed by atoms with Crippen LogP contribution in [0.1, 0.15) is 44.1 Å². The van der Waals surface area contributed by atoms with Gasteiger partial charge in [0.25, 0.3) is 0 Å². The van der Waals surface area contributed by atoms with Crippen molar-refractivity contribution >= 4 is 17.5 Å². The van der Waals surface area contributed by atoms with Crippen LogP contribution < -0.4 is 15.8 Å². The molecule has 4 nitrogen and oxygen atoms in total. The highest BCUT2D eigenvalue weighted by molar-refractivity contribution is 6.31. The summed E-state index contributed by atoms with van der Waals surface area (Å²) in [6.45, 7) is 0.957. The Balaban J connectivity index is 1.95. The lowest BCUT2D eigenvalue weighted by Gasteiger charge is -2.35. The van der Waals surface area contributed by atoms with Crippen LogP contribution in [-0.4, -0.2) is 19.6 Å². The molecule has 0 aromatic heterocycles. The Morgan fingerprint density at radius 2 is 2.09 bits per heavy atom. The zero-order valence-electron chi connectivity index (χ0n) is 13.2. The Bertz CT molecular complexity index is 513. The number of amides is 1. The number of benzene rings is 1. The van der Waals surface area contributed by atoms with Crippen LogP contribution in [0.5, 0.6) is 5.75 Å². The van der Waals surface area contributed by atoms with Crippen LogP contribution in [0.25, 0.3) is 0 Å². The minimum absolute atomic E-state index is 0.0209. The molecule has 0 bridgehead atoms. The largest absolute Gasteiger partial charge is 0.496 e. The standard InChI is InChI=1S/C17H25ClN2O2/c1-22-15-7-5-6-14(18)13(15)11-20-16(21)10-17(12-19)8-3-2-4-9-17/h5-7H,2-4,8-12,19H2,1H3,(H,20,21). The molecule has 1 aliphatic rings. The Kier molecular flexibility index (Phi) is 6.09. The van der Waals surface area contributed by atoms with E-state index in [2.05, 4.69) is 5.32 Å². The number of nitrogens with two attached hydrogens (primary N) is 1. The van der Waals surface area contributed by atoms with Crippen LogP contribution in [0.4, 0.5) is 0 Å². The molecule has 5 heteroatoms. The van der Waals surface area contributed by atoms with Gasteiger partial charge in [-0.2, -0.15) is 0 Å². The van der Waals surface area contributed by atoms with Crippen molar-refractivity contribution in [2.24, 2.45) is 11.1 Å². The average Bonchev–Trinajstić information content (AvgIpc) is 2.54. The van der Waals surface area contributed by atoms with Gasteiger partial charge in [-0.1, -0.05) is 36.9 Å². The maximum atomic E-state index is 12.3. The third-order valence-electron chi connectivity index (χ3n) is 4.64. The van der Waals surface area contributed by atoms with Gasteiger partial charge >= 0.3 is 0 Å². The number of methoxy groups -OCH3 is 1. The fraction of sp³-hybridized carbons (Fsp3) is 0.588. The summed E-state index contributed by atoms with van der Waals surface area (Å²) in [5, 5.41) is 3.56. The van der Waals surface area contributed by atoms with Gasteiger partial charge in [-0.15, -0.1) is 0 Å². The molecule has 1 saturated carbocycles. The molecule has 122 valence electrons. The molecule has 0 spiro atoms. The first-order valence-corrected chi connectivity index (χ1v) is 8.26. The smallest absolute Gasteiger partial charge is 0.220 e. The van der Waals surface area contributed by atoms with E-state index >= 15 is 0 Å². The zero-order valence-corrected chi connectivity index (χ0v) is 13.9. The molecular formula is C17H25ClN2O2. The molecule has 1 aliphatic carbocycles. The molecular weight excluding hydrogens is 300 g/mol. The Labute approximate surface area is 137 Å². The second-order valence-electron chi connectivity index (χ2n) is 6.14. The normalized spacial score (nSPS) is 17.0. The first-order valence-electron chi connectivity index (χ1n) is 7.88. The lowest BCUT2D eigenvalue weighted by molar-refractivity contribution is -0.124. The van der Waals surface area contributed by atoms with E-state index in [9.17, 15) is 4.79 Å². The number of rotatable bonds is 6. The zero-order chi connectivity index (χ0) is 16.0. The van der Waals surface area contributed by atoms with Crippen molar-refractivity contribution < 1.29 is 9.53 Å². The maximum Gasteiger partial charge on any atom is 0.220 e. The summed E-state index contributed by atoms with van der Waals surface area (Å²) in [6, 6.07) is 5.47. The first kappa shape index (κ1) is 17.1. The van der Waals surface area contributed by atoms with Gasteiger partial charge in [0, 0.05) is 23.6 Å². The molecule has 0 saturated heterocycles.